The van der Waals surface area contributed by atoms with Crippen molar-refractivity contribution in [3.05, 3.63) is 71.8 Å². The van der Waals surface area contributed by atoms with E-state index < -0.39 is 59.3 Å². The maximum atomic E-state index is 13.4. The number of hydrogen-bond acceptors (Lipinski definition) is 8. The number of quaternary nitrogens is 1. The number of fused-ring (bicyclic) bond motifs is 3. The van der Waals surface area contributed by atoms with Crippen molar-refractivity contribution in [2.24, 2.45) is 5.73 Å². The number of urea groups is 1. The van der Waals surface area contributed by atoms with Gasteiger partial charge in [0, 0.05) is 23.3 Å². The first-order valence-electron chi connectivity index (χ1n) is 12.0. The molecule has 0 aromatic heterocycles. The molecule has 0 fully saturated rings. The van der Waals surface area contributed by atoms with E-state index >= 15 is 0 Å². The monoisotopic (exact) mass is 597 g/mol. The Labute approximate surface area is 230 Å². The number of primary amides is 1. The van der Waals surface area contributed by atoms with Crippen LogP contribution in [0.5, 0.6) is 17.2 Å². The van der Waals surface area contributed by atoms with Crippen LogP contribution in [0.2, 0.25) is 0 Å². The molecule has 3 aromatic carbocycles. The first-order valence-corrected chi connectivity index (χ1v) is 15.2. The molecule has 1 atom stereocenters. The van der Waals surface area contributed by atoms with Crippen LogP contribution in [0.15, 0.2) is 60.7 Å². The lowest BCUT2D eigenvalue weighted by Gasteiger charge is -2.33. The number of hydrogen-bond donors (Lipinski definition) is 1. The van der Waals surface area contributed by atoms with Crippen LogP contribution in [0.25, 0.3) is 11.1 Å². The molecule has 14 heteroatoms. The topological polar surface area (TPSA) is 139 Å². The van der Waals surface area contributed by atoms with Crippen LogP contribution in [0, 0.1) is 0 Å². The first-order chi connectivity index (χ1) is 18.8. The average Bonchev–Trinajstić information content (AvgIpc) is 2.92. The molecule has 2 amide bonds. The molecule has 0 aliphatic carbocycles. The van der Waals surface area contributed by atoms with Crippen molar-refractivity contribution in [2.75, 3.05) is 18.6 Å². The molecule has 10 nitrogen and oxygen atoms in total. The standard InChI is InChI=1S/C26H26F2N2O8S2/c1-4-39(32,33)30(26(29)31,40(34,35)5-2)17-12-13-19-20(15-17)24(16-8-6-9-18(14-16)36-3)37-21-10-7-11-22(23(19)21)38-25(27)28/h6-15,24-25H,4-5H2,1-3H3,(H-,29,31)/p+1. The van der Waals surface area contributed by atoms with Gasteiger partial charge in [0.25, 0.3) is 0 Å². The van der Waals surface area contributed by atoms with Crippen molar-refractivity contribution in [1.29, 1.82) is 0 Å². The third kappa shape index (κ3) is 4.55. The molecule has 0 radical (unpaired) electrons. The van der Waals surface area contributed by atoms with Crippen LogP contribution in [0.3, 0.4) is 0 Å². The highest BCUT2D eigenvalue weighted by Gasteiger charge is 2.60. The Morgan fingerprint density at radius 1 is 1.00 bits per heavy atom. The molecule has 0 saturated carbocycles. The maximum absolute atomic E-state index is 13.4. The van der Waals surface area contributed by atoms with Crippen molar-refractivity contribution >= 4 is 31.8 Å². The molecule has 2 N–H and O–H groups in total. The number of carbonyl (C=O) groups is 1. The van der Waals surface area contributed by atoms with Crippen molar-refractivity contribution < 1.29 is 44.6 Å². The van der Waals surface area contributed by atoms with E-state index in [1.807, 2.05) is 0 Å². The molecule has 1 unspecified atom stereocenters. The molecule has 0 bridgehead atoms. The first kappa shape index (κ1) is 29.2. The number of alkyl halides is 2. The van der Waals surface area contributed by atoms with Crippen molar-refractivity contribution in [3.63, 3.8) is 0 Å². The predicted octanol–water partition coefficient (Wildman–Crippen LogP) is 4.53. The van der Waals surface area contributed by atoms with E-state index in [0.717, 1.165) is 6.07 Å². The van der Waals surface area contributed by atoms with Gasteiger partial charge in [0.15, 0.2) is 5.69 Å². The quantitative estimate of drug-likeness (QED) is 0.355. The van der Waals surface area contributed by atoms with Crippen LogP contribution in [0.1, 0.15) is 31.1 Å². The van der Waals surface area contributed by atoms with Crippen molar-refractivity contribution in [2.45, 2.75) is 26.6 Å². The van der Waals surface area contributed by atoms with E-state index in [0.29, 0.717) is 16.9 Å². The van der Waals surface area contributed by atoms with Gasteiger partial charge in [-0.25, -0.2) is 4.79 Å². The summed E-state index contributed by atoms with van der Waals surface area (Å²) < 4.78 is 94.2. The summed E-state index contributed by atoms with van der Waals surface area (Å²) >= 11 is 0. The molecule has 1 aliphatic heterocycles. The zero-order valence-corrected chi connectivity index (χ0v) is 23.3. The van der Waals surface area contributed by atoms with Crippen LogP contribution >= 0.6 is 0 Å². The maximum Gasteiger partial charge on any atom is 0.450 e. The highest BCUT2D eigenvalue weighted by atomic mass is 32.3. The Morgan fingerprint density at radius 2 is 1.65 bits per heavy atom. The van der Waals surface area contributed by atoms with Gasteiger partial charge in [-0.3, -0.25) is 0 Å². The van der Waals surface area contributed by atoms with Gasteiger partial charge in [0.05, 0.1) is 24.2 Å². The Kier molecular flexibility index (Phi) is 7.80. The van der Waals surface area contributed by atoms with Gasteiger partial charge in [-0.05, 0) is 53.0 Å². The lowest BCUT2D eigenvalue weighted by Crippen LogP contribution is -2.65. The normalized spacial score (nSPS) is 15.1. The van der Waals surface area contributed by atoms with Gasteiger partial charge in [-0.2, -0.15) is 25.6 Å². The summed E-state index contributed by atoms with van der Waals surface area (Å²) in [5, 5.41) is 0. The van der Waals surface area contributed by atoms with E-state index in [4.69, 9.17) is 19.9 Å². The highest BCUT2D eigenvalue weighted by Crippen LogP contribution is 2.51. The largest absolute Gasteiger partial charge is 0.497 e. The van der Waals surface area contributed by atoms with Gasteiger partial charge in [-0.1, -0.05) is 18.2 Å². The molecule has 0 saturated heterocycles. The zero-order valence-electron chi connectivity index (χ0n) is 21.7. The fourth-order valence-electron chi connectivity index (χ4n) is 4.75. The molecule has 40 heavy (non-hydrogen) atoms. The highest BCUT2D eigenvalue weighted by molar-refractivity contribution is 8.08. The van der Waals surface area contributed by atoms with Crippen LogP contribution in [-0.4, -0.2) is 48.1 Å². The van der Waals surface area contributed by atoms with E-state index in [-0.39, 0.29) is 22.6 Å². The van der Waals surface area contributed by atoms with Gasteiger partial charge < -0.3 is 19.9 Å². The summed E-state index contributed by atoms with van der Waals surface area (Å²) in [5.74, 6) is -1.02. The smallest absolute Gasteiger partial charge is 0.450 e. The summed E-state index contributed by atoms with van der Waals surface area (Å²) in [6.07, 6.45) is -0.997. The molecule has 1 heterocycles. The van der Waals surface area contributed by atoms with E-state index in [9.17, 15) is 30.4 Å². The van der Waals surface area contributed by atoms with Gasteiger partial charge in [-0.15, -0.1) is 0 Å². The summed E-state index contributed by atoms with van der Waals surface area (Å²) in [4.78, 5) is 12.9. The van der Waals surface area contributed by atoms with Crippen molar-refractivity contribution in [3.8, 4) is 28.4 Å². The second kappa shape index (κ2) is 10.7. The van der Waals surface area contributed by atoms with E-state index in [1.54, 1.807) is 30.3 Å². The molecule has 0 spiro atoms. The molecular formula is C26H27F2N2O8S2+. The minimum atomic E-state index is -4.76. The Bertz CT molecular complexity index is 1640. The molecular weight excluding hydrogens is 570 g/mol. The molecule has 3 aromatic rings. The number of halogens is 2. The van der Waals surface area contributed by atoms with Crippen LogP contribution in [-0.2, 0) is 20.0 Å². The summed E-state index contributed by atoms with van der Waals surface area (Å²) in [6.45, 7) is -0.767. The molecule has 1 aliphatic rings. The second-order valence-corrected chi connectivity index (χ2v) is 13.5. The number of nitrogens with zero attached hydrogens (tertiary/aromatic N) is 1. The minimum absolute atomic E-state index is 0.136. The lowest BCUT2D eigenvalue weighted by atomic mass is 9.88. The number of nitrogens with two attached hydrogens (primary N) is 1. The Balaban J connectivity index is 2.11. The Hall–Kier alpha value is -3.75. The number of ether oxygens (including phenoxy) is 3. The zero-order chi connectivity index (χ0) is 29.5. The van der Waals surface area contributed by atoms with Gasteiger partial charge in [0.2, 0.25) is 0 Å². The minimum Gasteiger partial charge on any atom is -0.497 e. The van der Waals surface area contributed by atoms with Crippen LogP contribution in [0.4, 0.5) is 19.3 Å². The van der Waals surface area contributed by atoms with Gasteiger partial charge in [0.1, 0.15) is 23.4 Å². The molecule has 214 valence electrons. The lowest BCUT2D eigenvalue weighted by molar-refractivity contribution is -0.0496. The number of amides is 2. The summed E-state index contributed by atoms with van der Waals surface area (Å²) in [6, 6.07) is 13.0. The summed E-state index contributed by atoms with van der Waals surface area (Å²) in [5.41, 5.74) is 6.22. The third-order valence-electron chi connectivity index (χ3n) is 6.58. The fourth-order valence-corrected chi connectivity index (χ4v) is 8.91. The van der Waals surface area contributed by atoms with E-state index in [1.165, 1.54) is 45.2 Å². The number of methoxy groups -OCH3 is 1. The van der Waals surface area contributed by atoms with E-state index in [2.05, 4.69) is 0 Å². The number of rotatable bonds is 9. The van der Waals surface area contributed by atoms with Crippen LogP contribution < -0.4 is 23.2 Å². The number of carbonyl (C=O) groups excluding carboxylic acids is 1. The summed E-state index contributed by atoms with van der Waals surface area (Å²) in [7, 11) is -8.06. The predicted molar refractivity (Wildman–Crippen MR) is 144 cm³/mol. The Morgan fingerprint density at radius 3 is 2.23 bits per heavy atom. The average molecular weight is 598 g/mol. The number of sulfonamides is 2. The third-order valence-corrected chi connectivity index (χ3v) is 11.7. The second-order valence-electron chi connectivity index (χ2n) is 8.68. The van der Waals surface area contributed by atoms with Crippen molar-refractivity contribution in [1.82, 2.24) is 3.29 Å². The van der Waals surface area contributed by atoms with Gasteiger partial charge >= 0.3 is 32.7 Å². The SMILES string of the molecule is CCS(=O)(=O)[N+](C(N)=O)(c1ccc2c(c1)C(c1cccc(OC)c1)Oc1cccc(OC(F)F)c1-2)S(=O)(=O)CC. The fraction of sp³-hybridized carbons (Fsp3) is 0.269. The number of benzene rings is 3. The molecule has 4 rings (SSSR count).